The highest BCUT2D eigenvalue weighted by atomic mass is 79.9. The van der Waals surface area contributed by atoms with Crippen molar-refractivity contribution < 1.29 is 4.79 Å². The zero-order valence-corrected chi connectivity index (χ0v) is 14.2. The summed E-state index contributed by atoms with van der Waals surface area (Å²) in [5, 5.41) is 0.724. The normalized spacial score (nSPS) is 20.1. The summed E-state index contributed by atoms with van der Waals surface area (Å²) in [5.41, 5.74) is 1.03. The minimum atomic E-state index is 0.266. The first-order valence-corrected chi connectivity index (χ1v) is 8.49. The standard InChI is InChI=1S/C16H21BrClNO/c1-2-3-12-4-7-16(20)19(9-8-12)11-13-5-6-14(17)10-15(13)18/h5-6,10,12H,2-4,7-9,11H2,1H3. The topological polar surface area (TPSA) is 20.3 Å². The number of amides is 1. The van der Waals surface area contributed by atoms with Crippen LogP contribution in [0.1, 0.15) is 44.6 Å². The van der Waals surface area contributed by atoms with Gasteiger partial charge in [0, 0.05) is 29.0 Å². The number of rotatable bonds is 4. The SMILES string of the molecule is CCCC1CCC(=O)N(Cc2ccc(Br)cc2Cl)CC1. The molecule has 1 saturated heterocycles. The molecule has 1 unspecified atom stereocenters. The van der Waals surface area contributed by atoms with Crippen LogP contribution in [0.4, 0.5) is 0 Å². The number of hydrogen-bond acceptors (Lipinski definition) is 1. The fourth-order valence-electron chi connectivity index (χ4n) is 2.81. The lowest BCUT2D eigenvalue weighted by Gasteiger charge is -2.21. The van der Waals surface area contributed by atoms with E-state index < -0.39 is 0 Å². The minimum Gasteiger partial charge on any atom is -0.338 e. The average molecular weight is 359 g/mol. The van der Waals surface area contributed by atoms with Crippen LogP contribution in [0.5, 0.6) is 0 Å². The van der Waals surface area contributed by atoms with E-state index in [1.165, 1.54) is 12.8 Å². The van der Waals surface area contributed by atoms with Crippen LogP contribution < -0.4 is 0 Å². The maximum atomic E-state index is 12.2. The molecule has 2 nitrogen and oxygen atoms in total. The Morgan fingerprint density at radius 1 is 1.40 bits per heavy atom. The smallest absolute Gasteiger partial charge is 0.222 e. The van der Waals surface area contributed by atoms with Gasteiger partial charge in [0.05, 0.1) is 0 Å². The zero-order valence-electron chi connectivity index (χ0n) is 11.9. The molecule has 110 valence electrons. The van der Waals surface area contributed by atoms with Crippen LogP contribution in [-0.2, 0) is 11.3 Å². The maximum absolute atomic E-state index is 12.2. The van der Waals surface area contributed by atoms with Crippen LogP contribution >= 0.6 is 27.5 Å². The van der Waals surface area contributed by atoms with E-state index in [1.54, 1.807) is 0 Å². The lowest BCUT2D eigenvalue weighted by molar-refractivity contribution is -0.131. The molecule has 0 aliphatic carbocycles. The molecule has 1 aliphatic heterocycles. The van der Waals surface area contributed by atoms with Crippen molar-refractivity contribution in [3.63, 3.8) is 0 Å². The Labute approximate surface area is 134 Å². The molecule has 1 heterocycles. The van der Waals surface area contributed by atoms with Gasteiger partial charge in [-0.1, -0.05) is 53.4 Å². The molecule has 1 amide bonds. The highest BCUT2D eigenvalue weighted by Gasteiger charge is 2.22. The summed E-state index contributed by atoms with van der Waals surface area (Å²) >= 11 is 9.65. The number of carbonyl (C=O) groups excluding carboxylic acids is 1. The van der Waals surface area contributed by atoms with Crippen molar-refractivity contribution >= 4 is 33.4 Å². The number of benzene rings is 1. The quantitative estimate of drug-likeness (QED) is 0.739. The van der Waals surface area contributed by atoms with Crippen molar-refractivity contribution in [1.29, 1.82) is 0 Å². The summed E-state index contributed by atoms with van der Waals surface area (Å²) in [6.45, 7) is 3.70. The highest BCUT2D eigenvalue weighted by Crippen LogP contribution is 2.26. The number of hydrogen-bond donors (Lipinski definition) is 0. The van der Waals surface area contributed by atoms with Gasteiger partial charge in [-0.05, 0) is 36.5 Å². The van der Waals surface area contributed by atoms with E-state index in [-0.39, 0.29) is 5.91 Å². The Bertz CT molecular complexity index is 478. The third-order valence-electron chi connectivity index (χ3n) is 4.00. The second-order valence-electron chi connectivity index (χ2n) is 5.53. The Morgan fingerprint density at radius 3 is 2.90 bits per heavy atom. The second-order valence-corrected chi connectivity index (χ2v) is 6.86. The molecule has 1 atom stereocenters. The summed E-state index contributed by atoms with van der Waals surface area (Å²) in [6.07, 6.45) is 5.28. The summed E-state index contributed by atoms with van der Waals surface area (Å²) in [6, 6.07) is 5.86. The van der Waals surface area contributed by atoms with Crippen molar-refractivity contribution in [2.45, 2.75) is 45.6 Å². The summed E-state index contributed by atoms with van der Waals surface area (Å²) in [4.78, 5) is 14.2. The largest absolute Gasteiger partial charge is 0.338 e. The molecule has 0 aromatic heterocycles. The van der Waals surface area contributed by atoms with E-state index in [2.05, 4.69) is 22.9 Å². The molecule has 1 aromatic rings. The summed E-state index contributed by atoms with van der Waals surface area (Å²) in [7, 11) is 0. The van der Waals surface area contributed by atoms with Gasteiger partial charge in [-0.2, -0.15) is 0 Å². The minimum absolute atomic E-state index is 0.266. The molecule has 0 saturated carbocycles. The molecular weight excluding hydrogens is 338 g/mol. The average Bonchev–Trinajstić information content (AvgIpc) is 2.57. The van der Waals surface area contributed by atoms with Crippen molar-refractivity contribution in [2.24, 2.45) is 5.92 Å². The summed E-state index contributed by atoms with van der Waals surface area (Å²) < 4.78 is 0.969. The van der Waals surface area contributed by atoms with Crippen LogP contribution in [0.3, 0.4) is 0 Å². The van der Waals surface area contributed by atoms with Gasteiger partial charge in [0.15, 0.2) is 0 Å². The van der Waals surface area contributed by atoms with Crippen LogP contribution in [-0.4, -0.2) is 17.4 Å². The zero-order chi connectivity index (χ0) is 14.5. The van der Waals surface area contributed by atoms with E-state index in [4.69, 9.17) is 11.6 Å². The molecule has 0 radical (unpaired) electrons. The number of halogens is 2. The third-order valence-corrected chi connectivity index (χ3v) is 4.84. The van der Waals surface area contributed by atoms with Gasteiger partial charge < -0.3 is 4.90 Å². The van der Waals surface area contributed by atoms with Gasteiger partial charge in [0.25, 0.3) is 0 Å². The molecule has 1 aromatic carbocycles. The van der Waals surface area contributed by atoms with Crippen LogP contribution in [0.2, 0.25) is 5.02 Å². The first-order valence-electron chi connectivity index (χ1n) is 7.32. The monoisotopic (exact) mass is 357 g/mol. The van der Waals surface area contributed by atoms with Crippen molar-refractivity contribution in [2.75, 3.05) is 6.54 Å². The molecule has 0 spiro atoms. The molecular formula is C16H21BrClNO. The Hall–Kier alpha value is -0.540. The van der Waals surface area contributed by atoms with Crippen LogP contribution in [0, 0.1) is 5.92 Å². The summed E-state index contributed by atoms with van der Waals surface area (Å²) in [5.74, 6) is 0.969. The van der Waals surface area contributed by atoms with Gasteiger partial charge in [0.1, 0.15) is 0 Å². The van der Waals surface area contributed by atoms with E-state index in [0.717, 1.165) is 34.4 Å². The molecule has 1 aliphatic rings. The highest BCUT2D eigenvalue weighted by molar-refractivity contribution is 9.10. The maximum Gasteiger partial charge on any atom is 0.222 e. The molecule has 4 heteroatoms. The fraction of sp³-hybridized carbons (Fsp3) is 0.562. The lowest BCUT2D eigenvalue weighted by Crippen LogP contribution is -2.29. The van der Waals surface area contributed by atoms with Gasteiger partial charge >= 0.3 is 0 Å². The Kier molecular flexibility index (Phi) is 5.91. The fourth-order valence-corrected chi connectivity index (χ4v) is 3.55. The van der Waals surface area contributed by atoms with E-state index in [9.17, 15) is 4.79 Å². The predicted octanol–water partition coefficient (Wildman–Crippen LogP) is 5.03. The second kappa shape index (κ2) is 7.46. The molecule has 20 heavy (non-hydrogen) atoms. The first kappa shape index (κ1) is 15.8. The van der Waals surface area contributed by atoms with Gasteiger partial charge in [0.2, 0.25) is 5.91 Å². The van der Waals surface area contributed by atoms with Gasteiger partial charge in [-0.15, -0.1) is 0 Å². The number of carbonyl (C=O) groups is 1. The third kappa shape index (κ3) is 4.23. The molecule has 0 N–H and O–H groups in total. The Balaban J connectivity index is 2.02. The molecule has 0 bridgehead atoms. The van der Waals surface area contributed by atoms with E-state index >= 15 is 0 Å². The van der Waals surface area contributed by atoms with Gasteiger partial charge in [-0.25, -0.2) is 0 Å². The van der Waals surface area contributed by atoms with Crippen molar-refractivity contribution in [1.82, 2.24) is 4.90 Å². The number of likely N-dealkylation sites (tertiary alicyclic amines) is 1. The van der Waals surface area contributed by atoms with Crippen molar-refractivity contribution in [3.8, 4) is 0 Å². The predicted molar refractivity (Wildman–Crippen MR) is 86.8 cm³/mol. The van der Waals surface area contributed by atoms with Crippen molar-refractivity contribution in [3.05, 3.63) is 33.3 Å². The van der Waals surface area contributed by atoms with E-state index in [0.29, 0.717) is 18.9 Å². The van der Waals surface area contributed by atoms with Crippen LogP contribution in [0.15, 0.2) is 22.7 Å². The first-order chi connectivity index (χ1) is 9.60. The molecule has 1 fully saturated rings. The number of nitrogens with zero attached hydrogens (tertiary/aromatic N) is 1. The lowest BCUT2D eigenvalue weighted by atomic mass is 9.96. The Morgan fingerprint density at radius 2 is 2.20 bits per heavy atom. The molecule has 2 rings (SSSR count). The van der Waals surface area contributed by atoms with Gasteiger partial charge in [-0.3, -0.25) is 4.79 Å². The van der Waals surface area contributed by atoms with E-state index in [1.807, 2.05) is 23.1 Å². The van der Waals surface area contributed by atoms with Crippen LogP contribution in [0.25, 0.3) is 0 Å².